The van der Waals surface area contributed by atoms with Crippen LogP contribution in [0.4, 0.5) is 0 Å². The van der Waals surface area contributed by atoms with Crippen LogP contribution in [0.25, 0.3) is 0 Å². The van der Waals surface area contributed by atoms with Crippen molar-refractivity contribution in [1.82, 2.24) is 0 Å². The van der Waals surface area contributed by atoms with Gasteiger partial charge in [0.15, 0.2) is 0 Å². The topological polar surface area (TPSA) is 58.9 Å². The van der Waals surface area contributed by atoms with Gasteiger partial charge in [-0.1, -0.05) is 63.9 Å². The fraction of sp³-hybridized carbons (Fsp3) is 0.765. The third kappa shape index (κ3) is 18.5. The fourth-order valence-electron chi connectivity index (χ4n) is 2.25. The highest BCUT2D eigenvalue weighted by molar-refractivity contribution is 5.34. The average molecular weight is 292 g/mol. The minimum atomic E-state index is 0.639. The third-order valence-electron chi connectivity index (χ3n) is 3.44. The molecule has 0 saturated carbocycles. The molecule has 4 heteroatoms. The summed E-state index contributed by atoms with van der Waals surface area (Å²) in [4.78, 5) is 26.6. The van der Waals surface area contributed by atoms with E-state index < -0.39 is 0 Å². The first-order valence-electron chi connectivity index (χ1n) is 8.17. The van der Waals surface area contributed by atoms with Gasteiger partial charge in [-0.15, -0.1) is 0 Å². The van der Waals surface area contributed by atoms with E-state index in [9.17, 15) is 9.59 Å². The summed E-state index contributed by atoms with van der Waals surface area (Å²) in [5, 5.41) is 0. The summed E-state index contributed by atoms with van der Waals surface area (Å²) in [6.45, 7) is 0.639. The highest BCUT2D eigenvalue weighted by atomic mass is 16.1. The number of nitrogens with zero attached hydrogens (tertiary/aromatic N) is 2. The summed E-state index contributed by atoms with van der Waals surface area (Å²) >= 11 is 0. The smallest absolute Gasteiger partial charge is 0.211 e. The van der Waals surface area contributed by atoms with Crippen molar-refractivity contribution in [2.24, 2.45) is 9.98 Å². The molecule has 0 aliphatic carbocycles. The Balaban J connectivity index is 3.05. The van der Waals surface area contributed by atoms with E-state index >= 15 is 0 Å². The number of rotatable bonds is 15. The molecule has 0 bridgehead atoms. The lowest BCUT2D eigenvalue weighted by Gasteiger charge is -2.02. The van der Waals surface area contributed by atoms with Gasteiger partial charge in [0.2, 0.25) is 12.2 Å². The maximum atomic E-state index is 9.85. The van der Waals surface area contributed by atoms with E-state index in [4.69, 9.17) is 0 Å². The first kappa shape index (κ1) is 19.5. The average Bonchev–Trinajstić information content (AvgIpc) is 2.50. The van der Waals surface area contributed by atoms with Gasteiger partial charge >= 0.3 is 0 Å². The van der Waals surface area contributed by atoms with Crippen molar-refractivity contribution < 1.29 is 9.59 Å². The molecule has 0 rings (SSSR count). The van der Waals surface area contributed by atoms with Crippen molar-refractivity contribution in [1.29, 1.82) is 0 Å². The maximum absolute atomic E-state index is 9.85. The second-order valence-electron chi connectivity index (χ2n) is 5.26. The molecule has 0 aromatic heterocycles. The van der Waals surface area contributed by atoms with Gasteiger partial charge in [0.1, 0.15) is 0 Å². The van der Waals surface area contributed by atoms with Crippen molar-refractivity contribution in [3.05, 3.63) is 12.3 Å². The number of allylic oxidation sites excluding steroid dienone is 1. The van der Waals surface area contributed by atoms with Crippen molar-refractivity contribution in [2.45, 2.75) is 77.0 Å². The number of hydrogen-bond acceptors (Lipinski definition) is 4. The predicted octanol–water partition coefficient (Wildman–Crippen LogP) is 4.85. The Kier molecular flexibility index (Phi) is 17.2. The molecule has 118 valence electrons. The van der Waals surface area contributed by atoms with Gasteiger partial charge < -0.3 is 0 Å². The number of hydrogen-bond donors (Lipinski definition) is 0. The predicted molar refractivity (Wildman–Crippen MR) is 85.7 cm³/mol. The SMILES string of the molecule is O=C=NC=CCCCCCCCCCCCCCN=C=O. The Labute approximate surface area is 128 Å². The van der Waals surface area contributed by atoms with Crippen LogP contribution in [0.3, 0.4) is 0 Å². The lowest BCUT2D eigenvalue weighted by molar-refractivity contribution is 0.545. The van der Waals surface area contributed by atoms with Crippen LogP contribution in [-0.4, -0.2) is 18.7 Å². The van der Waals surface area contributed by atoms with Gasteiger partial charge in [0.25, 0.3) is 0 Å². The van der Waals surface area contributed by atoms with E-state index in [0.717, 1.165) is 12.8 Å². The largest absolute Gasteiger partial charge is 0.239 e. The molecular weight excluding hydrogens is 264 g/mol. The minimum absolute atomic E-state index is 0.639. The van der Waals surface area contributed by atoms with Gasteiger partial charge in [-0.25, -0.2) is 14.6 Å². The fourth-order valence-corrected chi connectivity index (χ4v) is 2.25. The molecule has 0 heterocycles. The summed E-state index contributed by atoms with van der Waals surface area (Å²) in [7, 11) is 0. The second kappa shape index (κ2) is 18.5. The molecule has 0 aromatic carbocycles. The molecule has 0 fully saturated rings. The maximum Gasteiger partial charge on any atom is 0.239 e. The van der Waals surface area contributed by atoms with Crippen LogP contribution in [0.5, 0.6) is 0 Å². The molecule has 0 amide bonds. The molecule has 0 spiro atoms. The van der Waals surface area contributed by atoms with Gasteiger partial charge in [0, 0.05) is 6.20 Å². The zero-order valence-electron chi connectivity index (χ0n) is 13.1. The van der Waals surface area contributed by atoms with E-state index in [-0.39, 0.29) is 0 Å². The number of isocyanates is 2. The number of carbonyl (C=O) groups excluding carboxylic acids is 2. The lowest BCUT2D eigenvalue weighted by atomic mass is 10.1. The van der Waals surface area contributed by atoms with Crippen LogP contribution >= 0.6 is 0 Å². The molecular formula is C17H28N2O2. The van der Waals surface area contributed by atoms with E-state index in [1.807, 2.05) is 6.08 Å². The van der Waals surface area contributed by atoms with Gasteiger partial charge in [-0.2, -0.15) is 4.99 Å². The van der Waals surface area contributed by atoms with E-state index in [2.05, 4.69) is 9.98 Å². The Morgan fingerprint density at radius 3 is 1.71 bits per heavy atom. The molecule has 0 aliphatic rings. The van der Waals surface area contributed by atoms with Crippen LogP contribution in [0.2, 0.25) is 0 Å². The molecule has 0 radical (unpaired) electrons. The minimum Gasteiger partial charge on any atom is -0.211 e. The zero-order valence-corrected chi connectivity index (χ0v) is 13.1. The van der Waals surface area contributed by atoms with E-state index in [1.165, 1.54) is 76.5 Å². The van der Waals surface area contributed by atoms with Crippen LogP contribution in [0, 0.1) is 0 Å². The highest BCUT2D eigenvalue weighted by Crippen LogP contribution is 2.12. The molecule has 21 heavy (non-hydrogen) atoms. The molecule has 0 aliphatic heterocycles. The summed E-state index contributed by atoms with van der Waals surface area (Å²) in [5.41, 5.74) is 0. The van der Waals surface area contributed by atoms with Crippen LogP contribution in [0.15, 0.2) is 22.3 Å². The summed E-state index contributed by atoms with van der Waals surface area (Å²) in [6.07, 6.45) is 21.3. The lowest BCUT2D eigenvalue weighted by Crippen LogP contribution is -1.84. The van der Waals surface area contributed by atoms with Crippen LogP contribution < -0.4 is 0 Å². The Morgan fingerprint density at radius 1 is 0.667 bits per heavy atom. The Hall–Kier alpha value is -1.50. The van der Waals surface area contributed by atoms with Crippen molar-refractivity contribution in [2.75, 3.05) is 6.54 Å². The molecule has 0 atom stereocenters. The summed E-state index contributed by atoms with van der Waals surface area (Å²) in [6, 6.07) is 0. The Bertz CT molecular complexity index is 341. The third-order valence-corrected chi connectivity index (χ3v) is 3.44. The van der Waals surface area contributed by atoms with E-state index in [1.54, 1.807) is 6.08 Å². The molecule has 0 unspecified atom stereocenters. The second-order valence-corrected chi connectivity index (χ2v) is 5.26. The summed E-state index contributed by atoms with van der Waals surface area (Å²) < 4.78 is 0. The molecule has 4 nitrogen and oxygen atoms in total. The van der Waals surface area contributed by atoms with Gasteiger partial charge in [-0.3, -0.25) is 0 Å². The highest BCUT2D eigenvalue weighted by Gasteiger charge is 1.93. The van der Waals surface area contributed by atoms with Gasteiger partial charge in [-0.05, 0) is 19.3 Å². The summed E-state index contributed by atoms with van der Waals surface area (Å²) in [5.74, 6) is 0. The standard InChI is InChI=1S/C17H28N2O2/c20-16-18-14-12-10-8-6-4-2-1-3-5-7-9-11-13-15-19-17-21/h12,14H,1-11,13,15H2. The van der Waals surface area contributed by atoms with Crippen molar-refractivity contribution >= 4 is 12.2 Å². The first-order chi connectivity index (χ1) is 10.4. The molecule has 0 saturated heterocycles. The van der Waals surface area contributed by atoms with Crippen LogP contribution in [-0.2, 0) is 9.59 Å². The van der Waals surface area contributed by atoms with Gasteiger partial charge in [0.05, 0.1) is 6.54 Å². The molecule has 0 aromatic rings. The number of unbranched alkanes of at least 4 members (excludes halogenated alkanes) is 11. The van der Waals surface area contributed by atoms with Crippen molar-refractivity contribution in [3.63, 3.8) is 0 Å². The zero-order chi connectivity index (χ0) is 15.4. The van der Waals surface area contributed by atoms with Crippen LogP contribution in [0.1, 0.15) is 77.0 Å². The number of aliphatic imine (C=N–C) groups is 2. The molecule has 0 N–H and O–H groups in total. The Morgan fingerprint density at radius 2 is 1.19 bits per heavy atom. The normalized spacial score (nSPS) is 10.3. The van der Waals surface area contributed by atoms with Crippen molar-refractivity contribution in [3.8, 4) is 0 Å². The monoisotopic (exact) mass is 292 g/mol. The van der Waals surface area contributed by atoms with E-state index in [0.29, 0.717) is 6.54 Å². The first-order valence-corrected chi connectivity index (χ1v) is 8.17. The quantitative estimate of drug-likeness (QED) is 0.246.